The number of carbonyl (C=O) groups is 1. The smallest absolute Gasteiger partial charge is 0.234 e. The third-order valence-corrected chi connectivity index (χ3v) is 3.99. The molecule has 0 aromatic carbocycles. The number of amides is 1. The van der Waals surface area contributed by atoms with E-state index in [1.165, 1.54) is 41.4 Å². The molecule has 94 valence electrons. The van der Waals surface area contributed by atoms with Crippen molar-refractivity contribution in [3.05, 3.63) is 28.2 Å². The van der Waals surface area contributed by atoms with Crippen LogP contribution in [0.25, 0.3) is 0 Å². The molecule has 18 heavy (non-hydrogen) atoms. The molecule has 0 radical (unpaired) electrons. The number of thioether (sulfide) groups is 1. The van der Waals surface area contributed by atoms with Crippen molar-refractivity contribution in [1.82, 2.24) is 15.2 Å². The number of nitrogens with one attached hydrogen (secondary N) is 2. The summed E-state index contributed by atoms with van der Waals surface area (Å²) < 4.78 is 13.8. The minimum Gasteiger partial charge on any atom is -0.324 e. The summed E-state index contributed by atoms with van der Waals surface area (Å²) in [5.41, 5.74) is 0.455. The number of aromatic nitrogens is 3. The zero-order chi connectivity index (χ0) is 13.0. The number of hydrogen-bond donors (Lipinski definition) is 2. The fraction of sp³-hybridized carbons (Fsp3) is 0.111. The number of anilines is 1. The van der Waals surface area contributed by atoms with E-state index >= 15 is 0 Å². The molecule has 0 fully saturated rings. The van der Waals surface area contributed by atoms with Gasteiger partial charge in [0.25, 0.3) is 0 Å². The van der Waals surface area contributed by atoms with E-state index in [4.69, 9.17) is 12.2 Å². The van der Waals surface area contributed by atoms with Crippen molar-refractivity contribution in [2.75, 3.05) is 11.1 Å². The molecule has 2 aromatic heterocycles. The van der Waals surface area contributed by atoms with Gasteiger partial charge in [0.2, 0.25) is 11.9 Å². The molecule has 1 amide bonds. The van der Waals surface area contributed by atoms with Gasteiger partial charge in [0.1, 0.15) is 0 Å². The summed E-state index contributed by atoms with van der Waals surface area (Å²) in [5, 5.41) is 9.14. The van der Waals surface area contributed by atoms with Crippen molar-refractivity contribution >= 4 is 46.9 Å². The molecule has 2 rings (SSSR count). The van der Waals surface area contributed by atoms with Crippen molar-refractivity contribution in [2.45, 2.75) is 4.34 Å². The molecular formula is C9H7FN4OS3. The second kappa shape index (κ2) is 6.03. The highest BCUT2D eigenvalue weighted by Gasteiger charge is 2.06. The lowest BCUT2D eigenvalue weighted by Crippen LogP contribution is -2.14. The Bertz CT molecular complexity index is 594. The first kappa shape index (κ1) is 13.1. The average Bonchev–Trinajstić information content (AvgIpc) is 2.76. The number of hydrogen-bond acceptors (Lipinski definition) is 6. The van der Waals surface area contributed by atoms with E-state index in [1.807, 2.05) is 0 Å². The number of H-pyrrole nitrogens is 1. The van der Waals surface area contributed by atoms with Crippen LogP contribution in [0.2, 0.25) is 0 Å². The average molecular weight is 302 g/mol. The number of pyridine rings is 1. The van der Waals surface area contributed by atoms with Gasteiger partial charge in [0, 0.05) is 0 Å². The molecule has 2 heterocycles. The molecule has 0 saturated heterocycles. The first-order valence-electron chi connectivity index (χ1n) is 4.73. The molecule has 0 saturated carbocycles. The highest BCUT2D eigenvalue weighted by molar-refractivity contribution is 8.01. The lowest BCUT2D eigenvalue weighted by atomic mass is 10.4. The summed E-state index contributed by atoms with van der Waals surface area (Å²) in [6.45, 7) is 0. The van der Waals surface area contributed by atoms with Crippen LogP contribution >= 0.6 is 35.3 Å². The molecule has 0 spiro atoms. The van der Waals surface area contributed by atoms with Gasteiger partial charge < -0.3 is 5.32 Å². The second-order valence-electron chi connectivity index (χ2n) is 3.09. The molecule has 9 heteroatoms. The highest BCUT2D eigenvalue weighted by Crippen LogP contribution is 2.20. The third-order valence-electron chi connectivity index (χ3n) is 1.76. The Kier molecular flexibility index (Phi) is 4.39. The molecule has 0 aliphatic heterocycles. The fourth-order valence-corrected chi connectivity index (χ4v) is 2.93. The van der Waals surface area contributed by atoms with E-state index in [0.29, 0.717) is 14.0 Å². The van der Waals surface area contributed by atoms with Crippen LogP contribution in [0, 0.1) is 9.90 Å². The number of aromatic amines is 1. The van der Waals surface area contributed by atoms with Gasteiger partial charge in [-0.1, -0.05) is 23.1 Å². The van der Waals surface area contributed by atoms with Crippen LogP contribution in [0.5, 0.6) is 0 Å². The lowest BCUT2D eigenvalue weighted by Gasteiger charge is -2.02. The van der Waals surface area contributed by atoms with Crippen LogP contribution in [-0.2, 0) is 4.79 Å². The second-order valence-corrected chi connectivity index (χ2v) is 5.97. The van der Waals surface area contributed by atoms with E-state index in [0.717, 1.165) is 0 Å². The Morgan fingerprint density at radius 1 is 1.61 bits per heavy atom. The summed E-state index contributed by atoms with van der Waals surface area (Å²) in [4.78, 5) is 15.0. The number of rotatable bonds is 4. The summed E-state index contributed by atoms with van der Waals surface area (Å²) in [7, 11) is 0. The zero-order valence-electron chi connectivity index (χ0n) is 8.84. The first-order chi connectivity index (χ1) is 8.63. The van der Waals surface area contributed by atoms with E-state index < -0.39 is 5.95 Å². The molecule has 2 aromatic rings. The lowest BCUT2D eigenvalue weighted by molar-refractivity contribution is -0.113. The molecule has 5 nitrogen and oxygen atoms in total. The summed E-state index contributed by atoms with van der Waals surface area (Å²) in [6, 6.07) is 2.63. The van der Waals surface area contributed by atoms with Crippen LogP contribution in [0.3, 0.4) is 0 Å². The van der Waals surface area contributed by atoms with Crippen LogP contribution in [0.15, 0.2) is 22.7 Å². The number of halogens is 1. The van der Waals surface area contributed by atoms with Crippen molar-refractivity contribution in [3.8, 4) is 0 Å². The minimum atomic E-state index is -0.585. The van der Waals surface area contributed by atoms with Gasteiger partial charge in [-0.3, -0.25) is 9.89 Å². The van der Waals surface area contributed by atoms with Gasteiger partial charge in [0.15, 0.2) is 8.29 Å². The Labute approximate surface area is 115 Å². The van der Waals surface area contributed by atoms with Crippen LogP contribution in [-0.4, -0.2) is 26.8 Å². The Morgan fingerprint density at radius 3 is 3.06 bits per heavy atom. The SMILES string of the molecule is O=C(CSc1n[nH]c(=S)s1)Nc1ccc(F)nc1. The van der Waals surface area contributed by atoms with Gasteiger partial charge in [0.05, 0.1) is 17.6 Å². The van der Waals surface area contributed by atoms with E-state index in [2.05, 4.69) is 20.5 Å². The molecule has 0 unspecified atom stereocenters. The summed E-state index contributed by atoms with van der Waals surface area (Å²) in [6.07, 6.45) is 1.26. The molecular weight excluding hydrogens is 295 g/mol. The number of carbonyl (C=O) groups excluding carboxylic acids is 1. The van der Waals surface area contributed by atoms with Gasteiger partial charge in [-0.05, 0) is 24.4 Å². The fourth-order valence-electron chi connectivity index (χ4n) is 1.05. The predicted octanol–water partition coefficient (Wildman–Crippen LogP) is 2.47. The maximum absolute atomic E-state index is 12.5. The Balaban J connectivity index is 1.85. The van der Waals surface area contributed by atoms with Crippen LogP contribution < -0.4 is 5.32 Å². The van der Waals surface area contributed by atoms with Crippen molar-refractivity contribution in [2.24, 2.45) is 0 Å². The molecule has 0 aliphatic rings. The molecule has 2 N–H and O–H groups in total. The van der Waals surface area contributed by atoms with E-state index in [9.17, 15) is 9.18 Å². The van der Waals surface area contributed by atoms with Gasteiger partial charge in [-0.25, -0.2) is 4.98 Å². The topological polar surface area (TPSA) is 70.7 Å². The van der Waals surface area contributed by atoms with Gasteiger partial charge in [-0.15, -0.1) is 0 Å². The summed E-state index contributed by atoms with van der Waals surface area (Å²) in [5.74, 6) is -0.596. The largest absolute Gasteiger partial charge is 0.324 e. The Hall–Kier alpha value is -1.32. The van der Waals surface area contributed by atoms with Gasteiger partial charge >= 0.3 is 0 Å². The normalized spacial score (nSPS) is 10.3. The van der Waals surface area contributed by atoms with Crippen molar-refractivity contribution in [3.63, 3.8) is 0 Å². The molecule has 0 aliphatic carbocycles. The zero-order valence-corrected chi connectivity index (χ0v) is 11.3. The maximum Gasteiger partial charge on any atom is 0.234 e. The molecule has 0 bridgehead atoms. The first-order valence-corrected chi connectivity index (χ1v) is 6.94. The van der Waals surface area contributed by atoms with Crippen molar-refractivity contribution in [1.29, 1.82) is 0 Å². The van der Waals surface area contributed by atoms with E-state index in [1.54, 1.807) is 0 Å². The highest BCUT2D eigenvalue weighted by atomic mass is 32.2. The van der Waals surface area contributed by atoms with Crippen LogP contribution in [0.1, 0.15) is 0 Å². The molecule has 0 atom stereocenters. The Morgan fingerprint density at radius 2 is 2.44 bits per heavy atom. The van der Waals surface area contributed by atoms with Crippen LogP contribution in [0.4, 0.5) is 10.1 Å². The van der Waals surface area contributed by atoms with E-state index in [-0.39, 0.29) is 11.7 Å². The minimum absolute atomic E-state index is 0.202. The quantitative estimate of drug-likeness (QED) is 0.516. The standard InChI is InChI=1S/C9H7FN4OS3/c10-6-2-1-5(3-11-6)12-7(15)4-17-9-14-13-8(16)18-9/h1-3H,4H2,(H,12,15)(H,13,16). The van der Waals surface area contributed by atoms with Gasteiger partial charge in [-0.2, -0.15) is 9.49 Å². The third kappa shape index (κ3) is 3.86. The monoisotopic (exact) mass is 302 g/mol. The predicted molar refractivity (Wildman–Crippen MR) is 70.8 cm³/mol. The van der Waals surface area contributed by atoms with Crippen molar-refractivity contribution < 1.29 is 9.18 Å². The number of nitrogens with zero attached hydrogens (tertiary/aromatic N) is 2. The summed E-state index contributed by atoms with van der Waals surface area (Å²) >= 11 is 7.45. The maximum atomic E-state index is 12.5.